The molecular weight excluding hydrogens is 280 g/mol. The fourth-order valence-corrected chi connectivity index (χ4v) is 2.20. The van der Waals surface area contributed by atoms with Crippen molar-refractivity contribution < 1.29 is 4.79 Å². The van der Waals surface area contributed by atoms with Crippen molar-refractivity contribution in [3.8, 4) is 0 Å². The monoisotopic (exact) mass is 298 g/mol. The summed E-state index contributed by atoms with van der Waals surface area (Å²) in [7, 11) is 0. The largest absolute Gasteiger partial charge is 0.350 e. The SMILES string of the molecule is CC(N)CCC(=O)N[C@H](C)c1ccccc1Br. The smallest absolute Gasteiger partial charge is 0.220 e. The van der Waals surface area contributed by atoms with E-state index in [-0.39, 0.29) is 18.0 Å². The molecule has 0 heterocycles. The highest BCUT2D eigenvalue weighted by molar-refractivity contribution is 9.10. The second kappa shape index (κ2) is 6.77. The Morgan fingerprint density at radius 2 is 2.06 bits per heavy atom. The van der Waals surface area contributed by atoms with Gasteiger partial charge in [-0.2, -0.15) is 0 Å². The van der Waals surface area contributed by atoms with Gasteiger partial charge in [-0.3, -0.25) is 4.79 Å². The van der Waals surface area contributed by atoms with Gasteiger partial charge in [-0.1, -0.05) is 34.1 Å². The second-order valence-corrected chi connectivity index (χ2v) is 5.18. The summed E-state index contributed by atoms with van der Waals surface area (Å²) >= 11 is 3.48. The Kier molecular flexibility index (Phi) is 5.65. The van der Waals surface area contributed by atoms with E-state index < -0.39 is 0 Å². The highest BCUT2D eigenvalue weighted by Crippen LogP contribution is 2.22. The van der Waals surface area contributed by atoms with Crippen molar-refractivity contribution in [2.45, 2.75) is 38.8 Å². The molecule has 0 aromatic heterocycles. The van der Waals surface area contributed by atoms with E-state index in [1.165, 1.54) is 0 Å². The Balaban J connectivity index is 2.52. The van der Waals surface area contributed by atoms with Crippen molar-refractivity contribution in [1.29, 1.82) is 0 Å². The number of nitrogens with two attached hydrogens (primary N) is 1. The van der Waals surface area contributed by atoms with Gasteiger partial charge in [0.2, 0.25) is 5.91 Å². The molecule has 1 unspecified atom stereocenters. The van der Waals surface area contributed by atoms with Crippen molar-refractivity contribution in [3.63, 3.8) is 0 Å². The Labute approximate surface area is 111 Å². The van der Waals surface area contributed by atoms with Crippen LogP contribution in [0, 0.1) is 0 Å². The Morgan fingerprint density at radius 3 is 2.65 bits per heavy atom. The molecule has 1 rings (SSSR count). The average Bonchev–Trinajstić information content (AvgIpc) is 2.26. The Hall–Kier alpha value is -0.870. The number of carbonyl (C=O) groups excluding carboxylic acids is 1. The molecule has 0 aliphatic rings. The molecule has 1 aromatic carbocycles. The van der Waals surface area contributed by atoms with Gasteiger partial charge in [-0.15, -0.1) is 0 Å². The highest BCUT2D eigenvalue weighted by atomic mass is 79.9. The minimum Gasteiger partial charge on any atom is -0.350 e. The highest BCUT2D eigenvalue weighted by Gasteiger charge is 2.11. The zero-order valence-electron chi connectivity index (χ0n) is 10.2. The van der Waals surface area contributed by atoms with Gasteiger partial charge in [0, 0.05) is 16.9 Å². The lowest BCUT2D eigenvalue weighted by molar-refractivity contribution is -0.121. The van der Waals surface area contributed by atoms with Crippen LogP contribution in [0.4, 0.5) is 0 Å². The predicted molar refractivity (Wildman–Crippen MR) is 73.6 cm³/mol. The fraction of sp³-hybridized carbons (Fsp3) is 0.462. The number of hydrogen-bond acceptors (Lipinski definition) is 2. The number of rotatable bonds is 5. The molecule has 0 aliphatic heterocycles. The van der Waals surface area contributed by atoms with Crippen molar-refractivity contribution in [3.05, 3.63) is 34.3 Å². The number of benzene rings is 1. The minimum atomic E-state index is 0.00570. The third-order valence-corrected chi connectivity index (χ3v) is 3.30. The van der Waals surface area contributed by atoms with E-state index in [2.05, 4.69) is 21.2 Å². The fourth-order valence-electron chi connectivity index (χ4n) is 1.58. The van der Waals surface area contributed by atoms with Crippen LogP contribution >= 0.6 is 15.9 Å². The molecule has 0 saturated carbocycles. The van der Waals surface area contributed by atoms with Crippen LogP contribution < -0.4 is 11.1 Å². The first-order valence-corrected chi connectivity index (χ1v) is 6.59. The molecule has 0 bridgehead atoms. The first-order chi connectivity index (χ1) is 8.00. The van der Waals surface area contributed by atoms with E-state index >= 15 is 0 Å². The van der Waals surface area contributed by atoms with E-state index in [4.69, 9.17) is 5.73 Å². The first-order valence-electron chi connectivity index (χ1n) is 5.80. The molecule has 0 fully saturated rings. The number of hydrogen-bond donors (Lipinski definition) is 2. The normalized spacial score (nSPS) is 14.1. The lowest BCUT2D eigenvalue weighted by Crippen LogP contribution is -2.28. The second-order valence-electron chi connectivity index (χ2n) is 4.33. The summed E-state index contributed by atoms with van der Waals surface area (Å²) in [6.45, 7) is 3.88. The van der Waals surface area contributed by atoms with Gasteiger partial charge in [-0.25, -0.2) is 0 Å². The molecule has 3 N–H and O–H groups in total. The Bertz CT molecular complexity index is 379. The molecule has 0 radical (unpaired) electrons. The van der Waals surface area contributed by atoms with Gasteiger partial charge in [0.1, 0.15) is 0 Å². The summed E-state index contributed by atoms with van der Waals surface area (Å²) in [5, 5.41) is 2.97. The van der Waals surface area contributed by atoms with Gasteiger partial charge in [0.05, 0.1) is 6.04 Å². The first kappa shape index (κ1) is 14.2. The number of carbonyl (C=O) groups is 1. The molecule has 1 amide bonds. The molecular formula is C13H19BrN2O. The van der Waals surface area contributed by atoms with Crippen LogP contribution in [0.5, 0.6) is 0 Å². The zero-order chi connectivity index (χ0) is 12.8. The molecule has 4 heteroatoms. The third kappa shape index (κ3) is 4.88. The third-order valence-electron chi connectivity index (χ3n) is 2.58. The van der Waals surface area contributed by atoms with E-state index in [0.717, 1.165) is 10.0 Å². The lowest BCUT2D eigenvalue weighted by atomic mass is 10.1. The van der Waals surface area contributed by atoms with Crippen LogP contribution in [0.25, 0.3) is 0 Å². The average molecular weight is 299 g/mol. The summed E-state index contributed by atoms with van der Waals surface area (Å²) < 4.78 is 1.01. The maximum atomic E-state index is 11.7. The van der Waals surface area contributed by atoms with E-state index in [9.17, 15) is 4.79 Å². The van der Waals surface area contributed by atoms with Gasteiger partial charge in [-0.05, 0) is 31.9 Å². The summed E-state index contributed by atoms with van der Waals surface area (Å²) in [6, 6.07) is 7.97. The quantitative estimate of drug-likeness (QED) is 0.878. The molecule has 0 spiro atoms. The van der Waals surface area contributed by atoms with Crippen molar-refractivity contribution >= 4 is 21.8 Å². The van der Waals surface area contributed by atoms with Crippen LogP contribution in [0.2, 0.25) is 0 Å². The van der Waals surface area contributed by atoms with Crippen molar-refractivity contribution in [2.24, 2.45) is 5.73 Å². The van der Waals surface area contributed by atoms with Gasteiger partial charge in [0.25, 0.3) is 0 Å². The molecule has 3 nitrogen and oxygen atoms in total. The van der Waals surface area contributed by atoms with E-state index in [1.807, 2.05) is 38.1 Å². The van der Waals surface area contributed by atoms with Crippen LogP contribution in [-0.4, -0.2) is 11.9 Å². The van der Waals surface area contributed by atoms with Gasteiger partial charge in [0.15, 0.2) is 0 Å². The summed E-state index contributed by atoms with van der Waals surface area (Å²) in [5.41, 5.74) is 6.70. The standard InChI is InChI=1S/C13H19BrN2O/c1-9(15)7-8-13(17)16-10(2)11-5-3-4-6-12(11)14/h3-6,9-10H,7-8,15H2,1-2H3,(H,16,17)/t9?,10-/m1/s1. The number of halogens is 1. The van der Waals surface area contributed by atoms with E-state index in [0.29, 0.717) is 12.8 Å². The molecule has 1 aromatic rings. The molecule has 0 aliphatic carbocycles. The number of nitrogens with one attached hydrogen (secondary N) is 1. The molecule has 17 heavy (non-hydrogen) atoms. The summed E-state index contributed by atoms with van der Waals surface area (Å²) in [5.74, 6) is 0.0468. The lowest BCUT2D eigenvalue weighted by Gasteiger charge is -2.16. The van der Waals surface area contributed by atoms with Crippen molar-refractivity contribution in [1.82, 2.24) is 5.32 Å². The van der Waals surface area contributed by atoms with Crippen LogP contribution in [-0.2, 0) is 4.79 Å². The maximum Gasteiger partial charge on any atom is 0.220 e. The Morgan fingerprint density at radius 1 is 1.41 bits per heavy atom. The van der Waals surface area contributed by atoms with E-state index in [1.54, 1.807) is 0 Å². The summed E-state index contributed by atoms with van der Waals surface area (Å²) in [6.07, 6.45) is 1.20. The van der Waals surface area contributed by atoms with Crippen LogP contribution in [0.15, 0.2) is 28.7 Å². The predicted octanol–water partition coefficient (Wildman–Crippen LogP) is 2.75. The molecule has 2 atom stereocenters. The minimum absolute atomic E-state index is 0.00570. The molecule has 94 valence electrons. The van der Waals surface area contributed by atoms with Crippen molar-refractivity contribution in [2.75, 3.05) is 0 Å². The number of amides is 1. The molecule has 0 saturated heterocycles. The zero-order valence-corrected chi connectivity index (χ0v) is 11.8. The summed E-state index contributed by atoms with van der Waals surface area (Å²) in [4.78, 5) is 11.7. The maximum absolute atomic E-state index is 11.7. The van der Waals surface area contributed by atoms with Gasteiger partial charge >= 0.3 is 0 Å². The topological polar surface area (TPSA) is 55.1 Å². The van der Waals surface area contributed by atoms with Crippen LogP contribution in [0.1, 0.15) is 38.3 Å². The van der Waals surface area contributed by atoms with Crippen LogP contribution in [0.3, 0.4) is 0 Å². The van der Waals surface area contributed by atoms with Gasteiger partial charge < -0.3 is 11.1 Å².